The third-order valence-electron chi connectivity index (χ3n) is 3.79. The Hall–Kier alpha value is -2.02. The minimum absolute atomic E-state index is 0.126. The number of fused-ring (bicyclic) bond motifs is 1. The van der Waals surface area contributed by atoms with Crippen LogP contribution in [-0.2, 0) is 11.3 Å². The molecule has 0 fully saturated rings. The molecule has 1 N–H and O–H groups in total. The Morgan fingerprint density at radius 1 is 1.15 bits per heavy atom. The number of halogens is 2. The number of nitrogens with one attached hydrogen (secondary N) is 1. The van der Waals surface area contributed by atoms with Crippen LogP contribution < -0.4 is 10.9 Å². The van der Waals surface area contributed by atoms with Crippen molar-refractivity contribution in [3.8, 4) is 0 Å². The summed E-state index contributed by atoms with van der Waals surface area (Å²) in [6, 6.07) is 11.9. The van der Waals surface area contributed by atoms with E-state index in [-0.39, 0.29) is 17.2 Å². The van der Waals surface area contributed by atoms with Crippen LogP contribution in [0.2, 0.25) is 10.0 Å². The highest BCUT2D eigenvalue weighted by Crippen LogP contribution is 2.21. The van der Waals surface area contributed by atoms with E-state index in [9.17, 15) is 9.59 Å². The molecule has 0 atom stereocenters. The summed E-state index contributed by atoms with van der Waals surface area (Å²) >= 11 is 13.1. The molecule has 0 aliphatic heterocycles. The zero-order chi connectivity index (χ0) is 19.4. The molecule has 8 heteroatoms. The average molecular weight is 422 g/mol. The van der Waals surface area contributed by atoms with Gasteiger partial charge in [0.25, 0.3) is 5.56 Å². The molecule has 2 aromatic carbocycles. The highest BCUT2D eigenvalue weighted by molar-refractivity contribution is 7.99. The van der Waals surface area contributed by atoms with Gasteiger partial charge in [0.15, 0.2) is 5.16 Å². The van der Waals surface area contributed by atoms with E-state index in [4.69, 9.17) is 23.2 Å². The van der Waals surface area contributed by atoms with Gasteiger partial charge in [-0.3, -0.25) is 14.2 Å². The lowest BCUT2D eigenvalue weighted by Crippen LogP contribution is -2.24. The number of aromatic nitrogens is 2. The Balaban J connectivity index is 1.82. The van der Waals surface area contributed by atoms with Crippen molar-refractivity contribution in [3.63, 3.8) is 0 Å². The van der Waals surface area contributed by atoms with E-state index >= 15 is 0 Å². The summed E-state index contributed by atoms with van der Waals surface area (Å²) in [5.41, 5.74) is 1.06. The van der Waals surface area contributed by atoms with Gasteiger partial charge in [-0.25, -0.2) is 4.98 Å². The normalized spacial score (nSPS) is 10.9. The first kappa shape index (κ1) is 19.7. The van der Waals surface area contributed by atoms with E-state index < -0.39 is 0 Å². The summed E-state index contributed by atoms with van der Waals surface area (Å²) in [5, 5.41) is 4.93. The van der Waals surface area contributed by atoms with Crippen molar-refractivity contribution in [2.24, 2.45) is 0 Å². The van der Waals surface area contributed by atoms with Crippen molar-refractivity contribution in [1.29, 1.82) is 0 Å². The van der Waals surface area contributed by atoms with Gasteiger partial charge in [0.2, 0.25) is 5.91 Å². The molecule has 3 rings (SSSR count). The summed E-state index contributed by atoms with van der Waals surface area (Å²) in [6.07, 6.45) is 0.783. The summed E-state index contributed by atoms with van der Waals surface area (Å²) in [7, 11) is 0. The number of hydrogen-bond donors (Lipinski definition) is 1. The first-order chi connectivity index (χ1) is 13.0. The van der Waals surface area contributed by atoms with Gasteiger partial charge < -0.3 is 5.32 Å². The average Bonchev–Trinajstić information content (AvgIpc) is 2.64. The van der Waals surface area contributed by atoms with E-state index in [1.165, 1.54) is 11.8 Å². The van der Waals surface area contributed by atoms with Crippen LogP contribution in [0.15, 0.2) is 52.4 Å². The van der Waals surface area contributed by atoms with Crippen LogP contribution in [-0.4, -0.2) is 21.2 Å². The van der Waals surface area contributed by atoms with Gasteiger partial charge in [-0.15, -0.1) is 0 Å². The van der Waals surface area contributed by atoms with Crippen LogP contribution in [0.4, 0.5) is 5.69 Å². The van der Waals surface area contributed by atoms with Gasteiger partial charge in [0, 0.05) is 22.3 Å². The second kappa shape index (κ2) is 8.78. The Bertz CT molecular complexity index is 1040. The number of hydrogen-bond acceptors (Lipinski definition) is 4. The monoisotopic (exact) mass is 421 g/mol. The number of anilines is 1. The molecule has 0 spiro atoms. The van der Waals surface area contributed by atoms with Crippen molar-refractivity contribution in [2.75, 3.05) is 11.1 Å². The fraction of sp³-hybridized carbons (Fsp3) is 0.211. The predicted molar refractivity (Wildman–Crippen MR) is 112 cm³/mol. The minimum atomic E-state index is -0.189. The van der Waals surface area contributed by atoms with Crippen LogP contribution in [0.3, 0.4) is 0 Å². The zero-order valence-corrected chi connectivity index (χ0v) is 16.9. The Labute approximate surface area is 170 Å². The molecule has 1 aromatic heterocycles. The molecule has 1 amide bonds. The van der Waals surface area contributed by atoms with Gasteiger partial charge in [0.1, 0.15) is 0 Å². The van der Waals surface area contributed by atoms with E-state index in [0.717, 1.165) is 6.42 Å². The standard InChI is InChI=1S/C19H17Cl2N3O2S/c1-2-9-24-18(26)15-8-5-13(21)10-16(15)23-19(24)27-11-17(25)22-14-6-3-12(20)4-7-14/h3-8,10H,2,9,11H2,1H3,(H,22,25). The predicted octanol–water partition coefficient (Wildman–Crippen LogP) is 4.84. The first-order valence-electron chi connectivity index (χ1n) is 8.36. The second-order valence-corrected chi connectivity index (χ2v) is 7.67. The molecule has 0 aliphatic carbocycles. The molecular weight excluding hydrogens is 405 g/mol. The fourth-order valence-corrected chi connectivity index (χ4v) is 3.68. The smallest absolute Gasteiger partial charge is 0.262 e. The van der Waals surface area contributed by atoms with Crippen LogP contribution in [0.5, 0.6) is 0 Å². The van der Waals surface area contributed by atoms with Crippen molar-refractivity contribution >= 4 is 57.5 Å². The molecule has 0 bridgehead atoms. The largest absolute Gasteiger partial charge is 0.325 e. The second-order valence-electron chi connectivity index (χ2n) is 5.86. The number of amides is 1. The topological polar surface area (TPSA) is 64.0 Å². The van der Waals surface area contributed by atoms with Gasteiger partial charge in [-0.2, -0.15) is 0 Å². The lowest BCUT2D eigenvalue weighted by molar-refractivity contribution is -0.113. The summed E-state index contributed by atoms with van der Waals surface area (Å²) in [6.45, 7) is 2.52. The number of thioether (sulfide) groups is 1. The van der Waals surface area contributed by atoms with Crippen molar-refractivity contribution in [3.05, 3.63) is 62.9 Å². The van der Waals surface area contributed by atoms with Crippen molar-refractivity contribution in [2.45, 2.75) is 25.0 Å². The fourth-order valence-electron chi connectivity index (χ4n) is 2.57. The maximum absolute atomic E-state index is 12.8. The summed E-state index contributed by atoms with van der Waals surface area (Å²) in [5.74, 6) is -0.0592. The number of rotatable bonds is 6. The summed E-state index contributed by atoms with van der Waals surface area (Å²) < 4.78 is 1.61. The Morgan fingerprint density at radius 2 is 1.85 bits per heavy atom. The van der Waals surface area contributed by atoms with E-state index in [1.54, 1.807) is 47.0 Å². The highest BCUT2D eigenvalue weighted by Gasteiger charge is 2.13. The molecule has 0 aliphatic rings. The molecule has 0 saturated carbocycles. The Kier molecular flexibility index (Phi) is 6.42. The van der Waals surface area contributed by atoms with Crippen molar-refractivity contribution in [1.82, 2.24) is 9.55 Å². The molecule has 5 nitrogen and oxygen atoms in total. The van der Waals surface area contributed by atoms with Crippen LogP contribution in [0, 0.1) is 0 Å². The maximum Gasteiger partial charge on any atom is 0.262 e. The van der Waals surface area contributed by atoms with Crippen LogP contribution in [0.1, 0.15) is 13.3 Å². The van der Waals surface area contributed by atoms with Gasteiger partial charge >= 0.3 is 0 Å². The van der Waals surface area contributed by atoms with Crippen LogP contribution >= 0.6 is 35.0 Å². The van der Waals surface area contributed by atoms with E-state index in [2.05, 4.69) is 10.3 Å². The maximum atomic E-state index is 12.8. The molecule has 140 valence electrons. The van der Waals surface area contributed by atoms with Crippen LogP contribution in [0.25, 0.3) is 10.9 Å². The number of carbonyl (C=O) groups is 1. The van der Waals surface area contributed by atoms with Gasteiger partial charge in [-0.05, 0) is 48.9 Å². The van der Waals surface area contributed by atoms with Crippen molar-refractivity contribution < 1.29 is 4.79 Å². The Morgan fingerprint density at radius 3 is 2.56 bits per heavy atom. The number of nitrogens with zero attached hydrogens (tertiary/aromatic N) is 2. The lowest BCUT2D eigenvalue weighted by Gasteiger charge is -2.12. The number of carbonyl (C=O) groups excluding carboxylic acids is 1. The van der Waals surface area contributed by atoms with E-state index in [1.807, 2.05) is 6.92 Å². The van der Waals surface area contributed by atoms with Gasteiger partial charge in [0.05, 0.1) is 16.7 Å². The molecule has 0 saturated heterocycles. The molecule has 0 unspecified atom stereocenters. The third kappa shape index (κ3) is 4.83. The first-order valence-corrected chi connectivity index (χ1v) is 10.1. The summed E-state index contributed by atoms with van der Waals surface area (Å²) in [4.78, 5) is 29.6. The third-order valence-corrected chi connectivity index (χ3v) is 5.25. The molecular formula is C19H17Cl2N3O2S. The highest BCUT2D eigenvalue weighted by atomic mass is 35.5. The SMILES string of the molecule is CCCn1c(SCC(=O)Nc2ccc(Cl)cc2)nc2cc(Cl)ccc2c1=O. The zero-order valence-electron chi connectivity index (χ0n) is 14.5. The molecule has 1 heterocycles. The minimum Gasteiger partial charge on any atom is -0.325 e. The quantitative estimate of drug-likeness (QED) is 0.456. The lowest BCUT2D eigenvalue weighted by atomic mass is 10.2. The van der Waals surface area contributed by atoms with Gasteiger partial charge in [-0.1, -0.05) is 41.9 Å². The number of benzene rings is 2. The molecule has 27 heavy (non-hydrogen) atoms. The van der Waals surface area contributed by atoms with E-state index in [0.29, 0.717) is 38.3 Å². The molecule has 0 radical (unpaired) electrons. The molecule has 3 aromatic rings.